The molecule has 120 valence electrons. The molecule has 0 aliphatic heterocycles. The normalized spacial score (nSPS) is 10.8. The van der Waals surface area contributed by atoms with E-state index in [1.54, 1.807) is 6.07 Å². The van der Waals surface area contributed by atoms with Gasteiger partial charge in [-0.15, -0.1) is 0 Å². The van der Waals surface area contributed by atoms with Crippen LogP contribution in [0.1, 0.15) is 36.2 Å². The Morgan fingerprint density at radius 3 is 2.50 bits per heavy atom. The minimum absolute atomic E-state index is 0.0416. The number of carboxylic acids is 1. The van der Waals surface area contributed by atoms with E-state index in [1.807, 2.05) is 13.8 Å². The second-order valence-corrected chi connectivity index (χ2v) is 4.94. The van der Waals surface area contributed by atoms with Crippen LogP contribution in [0.5, 0.6) is 11.5 Å². The summed E-state index contributed by atoms with van der Waals surface area (Å²) in [6.45, 7) is 3.82. The molecule has 0 unspecified atom stereocenters. The molecule has 0 atom stereocenters. The predicted octanol–water partition coefficient (Wildman–Crippen LogP) is 0.563. The monoisotopic (exact) mass is 307 g/mol. The van der Waals surface area contributed by atoms with E-state index in [-0.39, 0.29) is 34.5 Å². The van der Waals surface area contributed by atoms with E-state index in [9.17, 15) is 14.7 Å². The summed E-state index contributed by atoms with van der Waals surface area (Å²) in [6.07, 6.45) is 1.56. The summed E-state index contributed by atoms with van der Waals surface area (Å²) in [4.78, 5) is 22.8. The largest absolute Gasteiger partial charge is 0.545 e. The van der Waals surface area contributed by atoms with E-state index in [0.717, 1.165) is 0 Å². The highest BCUT2D eigenvalue weighted by Gasteiger charge is 2.15. The Labute approximate surface area is 128 Å². The molecular formula is C15H19N2O5-. The van der Waals surface area contributed by atoms with Crippen molar-refractivity contribution in [3.63, 3.8) is 0 Å². The molecule has 0 heterocycles. The zero-order valence-corrected chi connectivity index (χ0v) is 13.0. The quantitative estimate of drug-likeness (QED) is 0.586. The van der Waals surface area contributed by atoms with Crippen molar-refractivity contribution in [2.75, 3.05) is 14.2 Å². The maximum Gasteiger partial charge on any atom is 0.240 e. The molecular weight excluding hydrogens is 288 g/mol. The van der Waals surface area contributed by atoms with Gasteiger partial charge in [0.2, 0.25) is 5.91 Å². The number of rotatable bonds is 7. The van der Waals surface area contributed by atoms with Gasteiger partial charge in [0, 0.05) is 12.0 Å². The Kier molecular flexibility index (Phi) is 6.37. The topological polar surface area (TPSA) is 100 Å². The van der Waals surface area contributed by atoms with Crippen LogP contribution in [-0.2, 0) is 4.79 Å². The van der Waals surface area contributed by atoms with Crippen LogP contribution in [0, 0.1) is 5.92 Å². The van der Waals surface area contributed by atoms with Crippen LogP contribution in [0.25, 0.3) is 0 Å². The third-order valence-corrected chi connectivity index (χ3v) is 2.77. The Morgan fingerprint density at radius 1 is 1.32 bits per heavy atom. The van der Waals surface area contributed by atoms with Crippen molar-refractivity contribution in [2.24, 2.45) is 11.0 Å². The number of nitrogens with one attached hydrogen (secondary N) is 1. The second kappa shape index (κ2) is 8.02. The van der Waals surface area contributed by atoms with E-state index in [2.05, 4.69) is 10.5 Å². The van der Waals surface area contributed by atoms with E-state index in [1.165, 1.54) is 26.5 Å². The number of benzene rings is 1. The van der Waals surface area contributed by atoms with Gasteiger partial charge >= 0.3 is 0 Å². The summed E-state index contributed by atoms with van der Waals surface area (Å²) < 4.78 is 10.1. The Morgan fingerprint density at radius 2 is 2.00 bits per heavy atom. The summed E-state index contributed by atoms with van der Waals surface area (Å²) in [5.74, 6) is -1.16. The van der Waals surface area contributed by atoms with E-state index in [0.29, 0.717) is 6.42 Å². The van der Waals surface area contributed by atoms with Crippen molar-refractivity contribution < 1.29 is 24.2 Å². The van der Waals surface area contributed by atoms with E-state index >= 15 is 0 Å². The standard InChI is InChI=1S/C15H20N2O5/c1-9(2)7-12(18)17-16-8-10-5-6-11(21-3)14(22-4)13(10)15(19)20/h5-6,8-9H,7H2,1-4H3,(H,17,18)(H,19,20)/p-1/b16-8-. The number of hydrazone groups is 1. The molecule has 0 aliphatic carbocycles. The summed E-state index contributed by atoms with van der Waals surface area (Å²) in [5.41, 5.74) is 2.39. The first-order valence-electron chi connectivity index (χ1n) is 6.68. The maximum absolute atomic E-state index is 11.5. The molecule has 0 saturated carbocycles. The first kappa shape index (κ1) is 17.5. The highest BCUT2D eigenvalue weighted by molar-refractivity contribution is 6.01. The highest BCUT2D eigenvalue weighted by Crippen LogP contribution is 2.32. The van der Waals surface area contributed by atoms with Crippen LogP contribution >= 0.6 is 0 Å². The van der Waals surface area contributed by atoms with Crippen LogP contribution in [0.15, 0.2) is 17.2 Å². The van der Waals surface area contributed by atoms with Gasteiger partial charge in [-0.1, -0.05) is 13.8 Å². The van der Waals surface area contributed by atoms with Crippen molar-refractivity contribution in [3.05, 3.63) is 23.3 Å². The molecule has 0 bridgehead atoms. The van der Waals surface area contributed by atoms with Gasteiger partial charge in [-0.25, -0.2) is 5.43 Å². The predicted molar refractivity (Wildman–Crippen MR) is 79.1 cm³/mol. The van der Waals surface area contributed by atoms with Gasteiger partial charge in [-0.3, -0.25) is 4.79 Å². The molecule has 0 radical (unpaired) electrons. The zero-order chi connectivity index (χ0) is 16.7. The first-order valence-corrected chi connectivity index (χ1v) is 6.68. The van der Waals surface area contributed by atoms with Crippen molar-refractivity contribution in [2.45, 2.75) is 20.3 Å². The molecule has 1 N–H and O–H groups in total. The van der Waals surface area contributed by atoms with Crippen molar-refractivity contribution in [1.29, 1.82) is 0 Å². The van der Waals surface area contributed by atoms with Gasteiger partial charge in [-0.05, 0) is 18.1 Å². The number of carbonyl (C=O) groups is 2. The van der Waals surface area contributed by atoms with Gasteiger partial charge in [0.05, 0.1) is 32.0 Å². The number of hydrogen-bond donors (Lipinski definition) is 1. The lowest BCUT2D eigenvalue weighted by molar-refractivity contribution is -0.255. The van der Waals surface area contributed by atoms with Gasteiger partial charge in [0.1, 0.15) is 0 Å². The fourth-order valence-corrected chi connectivity index (χ4v) is 1.85. The SMILES string of the molecule is COc1ccc(/C=N\NC(=O)CC(C)C)c(C(=O)[O-])c1OC. The second-order valence-electron chi connectivity index (χ2n) is 4.94. The minimum Gasteiger partial charge on any atom is -0.545 e. The van der Waals surface area contributed by atoms with Crippen LogP contribution in [0.4, 0.5) is 0 Å². The van der Waals surface area contributed by atoms with Gasteiger partial charge in [0.25, 0.3) is 0 Å². The van der Waals surface area contributed by atoms with E-state index < -0.39 is 5.97 Å². The smallest absolute Gasteiger partial charge is 0.240 e. The summed E-state index contributed by atoms with van der Waals surface area (Å²) in [7, 11) is 2.73. The molecule has 7 heteroatoms. The van der Waals surface area contributed by atoms with Gasteiger partial charge < -0.3 is 19.4 Å². The van der Waals surface area contributed by atoms with Crippen LogP contribution in [0.2, 0.25) is 0 Å². The van der Waals surface area contributed by atoms with Crippen LogP contribution in [0.3, 0.4) is 0 Å². The van der Waals surface area contributed by atoms with Gasteiger partial charge in [0.15, 0.2) is 11.5 Å². The number of amides is 1. The number of carboxylic acid groups (broad SMARTS) is 1. The Hall–Kier alpha value is -2.57. The lowest BCUT2D eigenvalue weighted by atomic mass is 10.1. The third-order valence-electron chi connectivity index (χ3n) is 2.77. The summed E-state index contributed by atoms with van der Waals surface area (Å²) in [5, 5.41) is 15.1. The van der Waals surface area contributed by atoms with Gasteiger partial charge in [-0.2, -0.15) is 5.10 Å². The lowest BCUT2D eigenvalue weighted by Crippen LogP contribution is -2.25. The minimum atomic E-state index is -1.43. The fourth-order valence-electron chi connectivity index (χ4n) is 1.85. The lowest BCUT2D eigenvalue weighted by Gasteiger charge is -2.15. The van der Waals surface area contributed by atoms with Crippen LogP contribution in [-0.4, -0.2) is 32.3 Å². The van der Waals surface area contributed by atoms with Crippen molar-refractivity contribution in [3.8, 4) is 11.5 Å². The number of ether oxygens (including phenoxy) is 2. The van der Waals surface area contributed by atoms with Crippen LogP contribution < -0.4 is 20.0 Å². The number of nitrogens with zero attached hydrogens (tertiary/aromatic N) is 1. The molecule has 0 aliphatic rings. The number of methoxy groups -OCH3 is 2. The first-order chi connectivity index (χ1) is 10.4. The van der Waals surface area contributed by atoms with Crippen molar-refractivity contribution in [1.82, 2.24) is 5.43 Å². The molecule has 0 spiro atoms. The molecule has 0 saturated heterocycles. The molecule has 1 amide bonds. The molecule has 1 rings (SSSR count). The molecule has 22 heavy (non-hydrogen) atoms. The third kappa shape index (κ3) is 4.47. The molecule has 7 nitrogen and oxygen atoms in total. The summed E-state index contributed by atoms with van der Waals surface area (Å²) in [6, 6.07) is 3.03. The Bertz CT molecular complexity index is 582. The zero-order valence-electron chi connectivity index (χ0n) is 13.0. The number of aromatic carboxylic acids is 1. The maximum atomic E-state index is 11.5. The van der Waals surface area contributed by atoms with Crippen molar-refractivity contribution >= 4 is 18.1 Å². The molecule has 1 aromatic carbocycles. The molecule has 1 aromatic rings. The highest BCUT2D eigenvalue weighted by atomic mass is 16.5. The average molecular weight is 307 g/mol. The van der Waals surface area contributed by atoms with E-state index in [4.69, 9.17) is 9.47 Å². The summed E-state index contributed by atoms with van der Waals surface area (Å²) >= 11 is 0. The number of hydrogen-bond acceptors (Lipinski definition) is 6. The number of carbonyl (C=O) groups excluding carboxylic acids is 2. The Balaban J connectivity index is 3.04. The fraction of sp³-hybridized carbons (Fsp3) is 0.400. The molecule has 0 fully saturated rings. The average Bonchev–Trinajstić information content (AvgIpc) is 2.45. The molecule has 0 aromatic heterocycles.